The van der Waals surface area contributed by atoms with Crippen molar-refractivity contribution in [1.82, 2.24) is 20.6 Å². The molecule has 2 aromatic carbocycles. The number of rotatable bonds is 7. The largest absolute Gasteiger partial charge is 0.457 e. The van der Waals surface area contributed by atoms with Gasteiger partial charge in [0.15, 0.2) is 5.13 Å². The average Bonchev–Trinajstić information content (AvgIpc) is 3.31. The van der Waals surface area contributed by atoms with Crippen molar-refractivity contribution in [2.45, 2.75) is 37.8 Å². The van der Waals surface area contributed by atoms with Gasteiger partial charge < -0.3 is 20.7 Å². The van der Waals surface area contributed by atoms with Crippen molar-refractivity contribution >= 4 is 38.5 Å². The van der Waals surface area contributed by atoms with Crippen molar-refractivity contribution in [1.29, 1.82) is 0 Å². The Morgan fingerprint density at radius 2 is 1.67 bits per heavy atom. The van der Waals surface area contributed by atoms with Crippen LogP contribution < -0.4 is 20.7 Å². The minimum atomic E-state index is -0.262. The van der Waals surface area contributed by atoms with Crippen molar-refractivity contribution in [3.63, 3.8) is 0 Å². The van der Waals surface area contributed by atoms with E-state index in [-0.39, 0.29) is 17.9 Å². The number of hydrogen-bond acceptors (Lipinski definition) is 7. The van der Waals surface area contributed by atoms with E-state index in [1.54, 1.807) is 36.7 Å². The summed E-state index contributed by atoms with van der Waals surface area (Å²) in [6, 6.07) is 19.0. The summed E-state index contributed by atoms with van der Waals surface area (Å²) in [7, 11) is 1.57. The molecule has 0 aliphatic heterocycles. The highest BCUT2D eigenvalue weighted by Gasteiger charge is 2.23. The molecule has 0 radical (unpaired) electrons. The predicted molar refractivity (Wildman–Crippen MR) is 141 cm³/mol. The number of thiazole rings is 1. The predicted octanol–water partition coefficient (Wildman–Crippen LogP) is 5.00. The first-order valence-corrected chi connectivity index (χ1v) is 12.8. The molecule has 1 fully saturated rings. The number of carbonyl (C=O) groups excluding carboxylic acids is 2. The van der Waals surface area contributed by atoms with E-state index in [0.717, 1.165) is 41.0 Å². The number of amides is 2. The summed E-state index contributed by atoms with van der Waals surface area (Å²) < 4.78 is 6.97. The lowest BCUT2D eigenvalue weighted by molar-refractivity contribution is 0.0924. The molecule has 1 aliphatic carbocycles. The lowest BCUT2D eigenvalue weighted by Gasteiger charge is -2.29. The molecular weight excluding hydrogens is 474 g/mol. The number of hydrogen-bond donors (Lipinski definition) is 3. The standard InChI is InChI=1S/C27H27N5O3S/c1-28-26(34)23-15-21(13-14-29-23)35-20-11-12-22-24(16-20)36-27(32-22)31-19-9-7-18(8-10-19)30-25(33)17-5-3-2-4-6-17/h2-6,11-16,18-19H,7-10H2,1H3,(H,28,34)(H,30,33)(H,31,32)/t18-,19+. The normalized spacial score (nSPS) is 17.4. The maximum absolute atomic E-state index is 12.4. The molecule has 3 N–H and O–H groups in total. The molecule has 4 aromatic rings. The highest BCUT2D eigenvalue weighted by Crippen LogP contribution is 2.33. The SMILES string of the molecule is CNC(=O)c1cc(Oc2ccc3nc(N[C@H]4CC[C@@H](NC(=O)c5ccccc5)CC4)sc3c2)ccn1. The molecule has 1 aliphatic rings. The quantitative estimate of drug-likeness (QED) is 0.329. The summed E-state index contributed by atoms with van der Waals surface area (Å²) in [5, 5.41) is 10.2. The van der Waals surface area contributed by atoms with Gasteiger partial charge in [0.1, 0.15) is 17.2 Å². The number of carbonyl (C=O) groups is 2. The second-order valence-corrected chi connectivity index (χ2v) is 9.77. The summed E-state index contributed by atoms with van der Waals surface area (Å²) in [5.41, 5.74) is 1.90. The van der Waals surface area contributed by atoms with Gasteiger partial charge in [-0.1, -0.05) is 29.5 Å². The zero-order chi connectivity index (χ0) is 24.9. The van der Waals surface area contributed by atoms with Gasteiger partial charge in [0, 0.05) is 43.0 Å². The van der Waals surface area contributed by atoms with Gasteiger partial charge in [-0.3, -0.25) is 14.6 Å². The molecule has 0 saturated heterocycles. The fraction of sp³-hybridized carbons (Fsp3) is 0.259. The highest BCUT2D eigenvalue weighted by atomic mass is 32.1. The van der Waals surface area contributed by atoms with E-state index < -0.39 is 0 Å². The van der Waals surface area contributed by atoms with Gasteiger partial charge in [-0.2, -0.15) is 0 Å². The number of anilines is 1. The number of nitrogens with one attached hydrogen (secondary N) is 3. The van der Waals surface area contributed by atoms with Crippen LogP contribution in [-0.2, 0) is 0 Å². The Balaban J connectivity index is 1.17. The smallest absolute Gasteiger partial charge is 0.269 e. The fourth-order valence-corrected chi connectivity index (χ4v) is 5.28. The summed E-state index contributed by atoms with van der Waals surface area (Å²) in [6.45, 7) is 0. The van der Waals surface area contributed by atoms with Crippen molar-refractivity contribution in [2.24, 2.45) is 0 Å². The van der Waals surface area contributed by atoms with Crippen LogP contribution in [0, 0.1) is 0 Å². The van der Waals surface area contributed by atoms with Gasteiger partial charge in [-0.25, -0.2) is 4.98 Å². The zero-order valence-corrected chi connectivity index (χ0v) is 20.7. The van der Waals surface area contributed by atoms with Gasteiger partial charge in [0.25, 0.3) is 11.8 Å². The first-order chi connectivity index (χ1) is 17.6. The number of fused-ring (bicyclic) bond motifs is 1. The maximum atomic E-state index is 12.4. The molecule has 0 unspecified atom stereocenters. The molecule has 0 atom stereocenters. The highest BCUT2D eigenvalue weighted by molar-refractivity contribution is 7.22. The van der Waals surface area contributed by atoms with Crippen molar-refractivity contribution < 1.29 is 14.3 Å². The Kier molecular flexibility index (Phi) is 7.08. The molecule has 36 heavy (non-hydrogen) atoms. The van der Waals surface area contributed by atoms with E-state index in [9.17, 15) is 9.59 Å². The molecule has 2 heterocycles. The Labute approximate surface area is 213 Å². The summed E-state index contributed by atoms with van der Waals surface area (Å²) in [4.78, 5) is 33.0. The van der Waals surface area contributed by atoms with Crippen LogP contribution in [0.5, 0.6) is 11.5 Å². The summed E-state index contributed by atoms with van der Waals surface area (Å²) >= 11 is 1.59. The first kappa shape index (κ1) is 23.7. The molecule has 2 aromatic heterocycles. The van der Waals surface area contributed by atoms with Crippen LogP contribution >= 0.6 is 11.3 Å². The molecular formula is C27H27N5O3S. The van der Waals surface area contributed by atoms with Gasteiger partial charge in [-0.15, -0.1) is 0 Å². The molecule has 5 rings (SSSR count). The Morgan fingerprint density at radius 1 is 0.917 bits per heavy atom. The molecule has 9 heteroatoms. The van der Waals surface area contributed by atoms with Crippen LogP contribution in [0.4, 0.5) is 5.13 Å². The second-order valence-electron chi connectivity index (χ2n) is 8.74. The van der Waals surface area contributed by atoms with Crippen LogP contribution in [0.2, 0.25) is 0 Å². The summed E-state index contributed by atoms with van der Waals surface area (Å²) in [5.74, 6) is 0.942. The van der Waals surface area contributed by atoms with E-state index in [1.165, 1.54) is 0 Å². The minimum Gasteiger partial charge on any atom is -0.457 e. The zero-order valence-electron chi connectivity index (χ0n) is 19.9. The van der Waals surface area contributed by atoms with Gasteiger partial charge in [0.2, 0.25) is 0 Å². The molecule has 2 amide bonds. The number of nitrogens with zero attached hydrogens (tertiary/aromatic N) is 2. The maximum Gasteiger partial charge on any atom is 0.269 e. The van der Waals surface area contributed by atoms with Crippen molar-refractivity contribution in [2.75, 3.05) is 12.4 Å². The van der Waals surface area contributed by atoms with Crippen molar-refractivity contribution in [3.8, 4) is 11.5 Å². The number of benzene rings is 2. The van der Waals surface area contributed by atoms with E-state index in [4.69, 9.17) is 9.72 Å². The van der Waals surface area contributed by atoms with Crippen LogP contribution in [0.3, 0.4) is 0 Å². The van der Waals surface area contributed by atoms with E-state index >= 15 is 0 Å². The Morgan fingerprint density at radius 3 is 2.44 bits per heavy atom. The van der Waals surface area contributed by atoms with Crippen molar-refractivity contribution in [3.05, 3.63) is 78.1 Å². The van der Waals surface area contributed by atoms with Gasteiger partial charge in [-0.05, 0) is 56.0 Å². The monoisotopic (exact) mass is 501 g/mol. The topological polar surface area (TPSA) is 105 Å². The average molecular weight is 502 g/mol. The Hall–Kier alpha value is -3.98. The fourth-order valence-electron chi connectivity index (χ4n) is 4.31. The van der Waals surface area contributed by atoms with E-state index in [0.29, 0.717) is 28.8 Å². The van der Waals surface area contributed by atoms with Crippen LogP contribution in [0.25, 0.3) is 10.2 Å². The lowest BCUT2D eigenvalue weighted by Crippen LogP contribution is -2.40. The van der Waals surface area contributed by atoms with Crippen LogP contribution in [-0.4, -0.2) is 40.9 Å². The lowest BCUT2D eigenvalue weighted by atomic mass is 9.91. The molecule has 8 nitrogen and oxygen atoms in total. The van der Waals surface area contributed by atoms with E-state index in [1.807, 2.05) is 48.5 Å². The number of pyridine rings is 1. The third kappa shape index (κ3) is 5.63. The summed E-state index contributed by atoms with van der Waals surface area (Å²) in [6.07, 6.45) is 5.36. The molecule has 1 saturated carbocycles. The first-order valence-electron chi connectivity index (χ1n) is 12.0. The molecule has 0 bridgehead atoms. The minimum absolute atomic E-state index is 0.00664. The van der Waals surface area contributed by atoms with Gasteiger partial charge in [0.05, 0.1) is 10.2 Å². The van der Waals surface area contributed by atoms with Crippen LogP contribution in [0.1, 0.15) is 46.5 Å². The van der Waals surface area contributed by atoms with Gasteiger partial charge >= 0.3 is 0 Å². The Bertz CT molecular complexity index is 1370. The number of ether oxygens (including phenoxy) is 1. The van der Waals surface area contributed by atoms with E-state index in [2.05, 4.69) is 20.9 Å². The second kappa shape index (κ2) is 10.7. The van der Waals surface area contributed by atoms with Crippen LogP contribution in [0.15, 0.2) is 66.9 Å². The molecule has 184 valence electrons. The third-order valence-electron chi connectivity index (χ3n) is 6.21. The molecule has 0 spiro atoms. The third-order valence-corrected chi connectivity index (χ3v) is 7.16. The number of aromatic nitrogens is 2.